The van der Waals surface area contributed by atoms with Gasteiger partial charge in [0.25, 0.3) is 0 Å². The lowest BCUT2D eigenvalue weighted by Gasteiger charge is -2.32. The molecule has 0 aliphatic carbocycles. The summed E-state index contributed by atoms with van der Waals surface area (Å²) in [5, 5.41) is 3.58. The van der Waals surface area contributed by atoms with Crippen LogP contribution in [0.2, 0.25) is 5.02 Å². The summed E-state index contributed by atoms with van der Waals surface area (Å²) in [5.74, 6) is -0.359. The Morgan fingerprint density at radius 2 is 2.00 bits per heavy atom. The minimum atomic E-state index is -0.359. The third-order valence-electron chi connectivity index (χ3n) is 3.33. The molecule has 0 spiro atoms. The van der Waals surface area contributed by atoms with E-state index in [2.05, 4.69) is 22.3 Å². The summed E-state index contributed by atoms with van der Waals surface area (Å²) in [4.78, 5) is 2.21. The molecule has 0 amide bonds. The first-order chi connectivity index (χ1) is 9.25. The fourth-order valence-electron chi connectivity index (χ4n) is 2.39. The van der Waals surface area contributed by atoms with Crippen molar-refractivity contribution in [1.29, 1.82) is 0 Å². The predicted molar refractivity (Wildman–Crippen MR) is 77.4 cm³/mol. The highest BCUT2D eigenvalue weighted by Crippen LogP contribution is 2.31. The molecule has 1 N–H and O–H groups in total. The third-order valence-corrected chi connectivity index (χ3v) is 3.76. The van der Waals surface area contributed by atoms with Crippen molar-refractivity contribution < 1.29 is 4.39 Å². The molecule has 1 aliphatic rings. The molecule has 0 unspecified atom stereocenters. The van der Waals surface area contributed by atoms with Crippen molar-refractivity contribution in [2.45, 2.75) is 6.54 Å². The Kier molecular flexibility index (Phi) is 3.30. The van der Waals surface area contributed by atoms with Crippen molar-refractivity contribution in [3.8, 4) is 0 Å². The molecule has 0 saturated heterocycles. The first kappa shape index (κ1) is 12.3. The highest BCUT2D eigenvalue weighted by Gasteiger charge is 2.17. The maximum atomic E-state index is 13.5. The van der Waals surface area contributed by atoms with Crippen LogP contribution >= 0.6 is 11.6 Å². The molecule has 19 heavy (non-hydrogen) atoms. The largest absolute Gasteiger partial charge is 0.382 e. The lowest BCUT2D eigenvalue weighted by molar-refractivity contribution is 0.625. The van der Waals surface area contributed by atoms with Gasteiger partial charge in [-0.3, -0.25) is 0 Å². The number of nitrogens with zero attached hydrogens (tertiary/aromatic N) is 1. The topological polar surface area (TPSA) is 15.3 Å². The SMILES string of the molecule is Fc1cccc(CN2CCNc3ccccc32)c1Cl. The third kappa shape index (κ3) is 2.38. The summed E-state index contributed by atoms with van der Waals surface area (Å²) in [6, 6.07) is 13.1. The quantitative estimate of drug-likeness (QED) is 0.895. The molecule has 0 fully saturated rings. The first-order valence-corrected chi connectivity index (χ1v) is 6.64. The van der Waals surface area contributed by atoms with Crippen LogP contribution in [0.3, 0.4) is 0 Å². The van der Waals surface area contributed by atoms with Crippen molar-refractivity contribution in [1.82, 2.24) is 0 Å². The van der Waals surface area contributed by atoms with Crippen LogP contribution in [0, 0.1) is 5.82 Å². The van der Waals surface area contributed by atoms with Gasteiger partial charge in [0.1, 0.15) is 5.82 Å². The summed E-state index contributed by atoms with van der Waals surface area (Å²) in [5.41, 5.74) is 3.06. The Morgan fingerprint density at radius 1 is 1.16 bits per heavy atom. The number of para-hydroxylation sites is 2. The van der Waals surface area contributed by atoms with Crippen LogP contribution in [-0.2, 0) is 6.54 Å². The molecule has 1 aliphatic heterocycles. The van der Waals surface area contributed by atoms with Crippen LogP contribution in [0.25, 0.3) is 0 Å². The van der Waals surface area contributed by atoms with Crippen LogP contribution < -0.4 is 10.2 Å². The monoisotopic (exact) mass is 276 g/mol. The van der Waals surface area contributed by atoms with Crippen LogP contribution in [0.1, 0.15) is 5.56 Å². The second-order valence-electron chi connectivity index (χ2n) is 4.58. The maximum Gasteiger partial charge on any atom is 0.142 e. The zero-order chi connectivity index (χ0) is 13.2. The van der Waals surface area contributed by atoms with Crippen molar-refractivity contribution >= 4 is 23.0 Å². The lowest BCUT2D eigenvalue weighted by atomic mass is 10.1. The highest BCUT2D eigenvalue weighted by atomic mass is 35.5. The molecule has 3 rings (SSSR count). The molecular weight excluding hydrogens is 263 g/mol. The zero-order valence-electron chi connectivity index (χ0n) is 10.4. The summed E-state index contributed by atoms with van der Waals surface area (Å²) >= 11 is 6.02. The Bertz CT molecular complexity index is 600. The van der Waals surface area contributed by atoms with Gasteiger partial charge in [-0.05, 0) is 23.8 Å². The second kappa shape index (κ2) is 5.10. The number of rotatable bonds is 2. The van der Waals surface area contributed by atoms with Crippen molar-refractivity contribution in [3.63, 3.8) is 0 Å². The predicted octanol–water partition coefficient (Wildman–Crippen LogP) is 3.91. The van der Waals surface area contributed by atoms with Crippen LogP contribution in [0.4, 0.5) is 15.8 Å². The van der Waals surface area contributed by atoms with E-state index in [-0.39, 0.29) is 10.8 Å². The first-order valence-electron chi connectivity index (χ1n) is 6.26. The Morgan fingerprint density at radius 3 is 2.89 bits per heavy atom. The van der Waals surface area contributed by atoms with Gasteiger partial charge in [-0.1, -0.05) is 35.9 Å². The van der Waals surface area contributed by atoms with E-state index in [0.29, 0.717) is 6.54 Å². The minimum Gasteiger partial charge on any atom is -0.382 e. The number of anilines is 2. The van der Waals surface area contributed by atoms with Gasteiger partial charge in [-0.15, -0.1) is 0 Å². The van der Waals surface area contributed by atoms with Crippen LogP contribution in [0.5, 0.6) is 0 Å². The zero-order valence-corrected chi connectivity index (χ0v) is 11.1. The van der Waals surface area contributed by atoms with Gasteiger partial charge in [0.15, 0.2) is 0 Å². The molecule has 0 aromatic heterocycles. The number of fused-ring (bicyclic) bond motifs is 1. The smallest absolute Gasteiger partial charge is 0.142 e. The molecule has 0 bridgehead atoms. The van der Waals surface area contributed by atoms with Gasteiger partial charge >= 0.3 is 0 Å². The highest BCUT2D eigenvalue weighted by molar-refractivity contribution is 6.31. The van der Waals surface area contributed by atoms with Gasteiger partial charge in [0.2, 0.25) is 0 Å². The van der Waals surface area contributed by atoms with Gasteiger partial charge < -0.3 is 10.2 Å². The Hall–Kier alpha value is -1.74. The minimum absolute atomic E-state index is 0.221. The molecule has 2 nitrogen and oxygen atoms in total. The Balaban J connectivity index is 1.91. The lowest BCUT2D eigenvalue weighted by Crippen LogP contribution is -2.33. The Labute approximate surface area is 116 Å². The molecular formula is C15H14ClFN2. The molecule has 1 heterocycles. The van der Waals surface area contributed by atoms with E-state index in [1.807, 2.05) is 18.2 Å². The van der Waals surface area contributed by atoms with Gasteiger partial charge in [-0.25, -0.2) is 4.39 Å². The molecule has 0 radical (unpaired) electrons. The average Bonchev–Trinajstić information content (AvgIpc) is 2.44. The fraction of sp³-hybridized carbons (Fsp3) is 0.200. The molecule has 0 atom stereocenters. The standard InChI is InChI=1S/C15H14ClFN2/c16-15-11(4-3-5-12(15)17)10-19-9-8-18-13-6-1-2-7-14(13)19/h1-7,18H,8-10H2. The fourth-order valence-corrected chi connectivity index (χ4v) is 2.57. The van der Waals surface area contributed by atoms with E-state index < -0.39 is 0 Å². The molecule has 2 aromatic rings. The van der Waals surface area contributed by atoms with Crippen molar-refractivity contribution in [3.05, 3.63) is 58.9 Å². The molecule has 98 valence electrons. The van der Waals surface area contributed by atoms with Crippen LogP contribution in [-0.4, -0.2) is 13.1 Å². The van der Waals surface area contributed by atoms with E-state index in [1.165, 1.54) is 6.07 Å². The number of hydrogen-bond acceptors (Lipinski definition) is 2. The molecule has 4 heteroatoms. The van der Waals surface area contributed by atoms with Crippen molar-refractivity contribution in [2.75, 3.05) is 23.3 Å². The summed E-state index contributed by atoms with van der Waals surface area (Å²) < 4.78 is 13.5. The molecule has 2 aromatic carbocycles. The molecule has 0 saturated carbocycles. The average molecular weight is 277 g/mol. The number of nitrogens with one attached hydrogen (secondary N) is 1. The number of hydrogen-bond donors (Lipinski definition) is 1. The van der Waals surface area contributed by atoms with E-state index in [9.17, 15) is 4.39 Å². The van der Waals surface area contributed by atoms with E-state index in [4.69, 9.17) is 11.6 Å². The van der Waals surface area contributed by atoms with Gasteiger partial charge in [-0.2, -0.15) is 0 Å². The van der Waals surface area contributed by atoms with Crippen LogP contribution in [0.15, 0.2) is 42.5 Å². The summed E-state index contributed by atoms with van der Waals surface area (Å²) in [7, 11) is 0. The van der Waals surface area contributed by atoms with E-state index in [0.717, 1.165) is 30.0 Å². The van der Waals surface area contributed by atoms with Gasteiger partial charge in [0, 0.05) is 19.6 Å². The summed E-state index contributed by atoms with van der Waals surface area (Å²) in [6.07, 6.45) is 0. The van der Waals surface area contributed by atoms with E-state index in [1.54, 1.807) is 6.07 Å². The van der Waals surface area contributed by atoms with E-state index >= 15 is 0 Å². The summed E-state index contributed by atoms with van der Waals surface area (Å²) in [6.45, 7) is 2.38. The normalized spacial score (nSPS) is 13.9. The number of halogens is 2. The van der Waals surface area contributed by atoms with Gasteiger partial charge in [0.05, 0.1) is 16.4 Å². The number of benzene rings is 2. The second-order valence-corrected chi connectivity index (χ2v) is 4.96. The van der Waals surface area contributed by atoms with Crippen molar-refractivity contribution in [2.24, 2.45) is 0 Å². The maximum absolute atomic E-state index is 13.5.